The Balaban J connectivity index is 1.59. The number of aromatic nitrogens is 1. The molecule has 1 aliphatic rings. The Morgan fingerprint density at radius 2 is 1.60 bits per heavy atom. The molecule has 2 heterocycles. The molecule has 5 rings (SSSR count). The Hall–Kier alpha value is -5.01. The maximum atomic E-state index is 13.6. The summed E-state index contributed by atoms with van der Waals surface area (Å²) in [5, 5.41) is 9.98. The summed E-state index contributed by atoms with van der Waals surface area (Å²) < 4.78 is 22.1. The molecule has 1 fully saturated rings. The van der Waals surface area contributed by atoms with Crippen molar-refractivity contribution < 1.29 is 28.5 Å². The van der Waals surface area contributed by atoms with E-state index in [1.807, 2.05) is 43.3 Å². The summed E-state index contributed by atoms with van der Waals surface area (Å²) in [6.45, 7) is 2.39. The van der Waals surface area contributed by atoms with Gasteiger partial charge in [0.15, 0.2) is 11.5 Å². The monoisotopic (exact) mass is 595 g/mol. The normalized spacial score (nSPS) is 14.4. The number of rotatable bonds is 10. The summed E-state index contributed by atoms with van der Waals surface area (Å²) in [6.07, 6.45) is -0.0294. The number of methoxy groups -OCH3 is 3. The Bertz CT molecular complexity index is 1680. The second-order valence-electron chi connectivity index (χ2n) is 9.43. The molecule has 1 atom stereocenters. The fourth-order valence-corrected chi connectivity index (χ4v) is 6.02. The largest absolute Gasteiger partial charge is 0.494 e. The number of carbonyl (C=O) groups excluding carboxylic acids is 2. The first-order valence-electron chi connectivity index (χ1n) is 13.5. The van der Waals surface area contributed by atoms with Crippen molar-refractivity contribution in [3.05, 3.63) is 78.4 Å². The molecule has 3 aromatic carbocycles. The van der Waals surface area contributed by atoms with Crippen LogP contribution in [0, 0.1) is 11.3 Å². The van der Waals surface area contributed by atoms with Gasteiger partial charge in [-0.2, -0.15) is 5.26 Å². The van der Waals surface area contributed by atoms with Crippen molar-refractivity contribution in [3.63, 3.8) is 0 Å². The van der Waals surface area contributed by atoms with Crippen molar-refractivity contribution in [1.29, 1.82) is 5.26 Å². The van der Waals surface area contributed by atoms with Crippen LogP contribution in [-0.4, -0.2) is 50.0 Å². The van der Waals surface area contributed by atoms with Crippen LogP contribution < -0.4 is 23.8 Å². The lowest BCUT2D eigenvalue weighted by Gasteiger charge is -2.18. The van der Waals surface area contributed by atoms with Crippen molar-refractivity contribution in [1.82, 2.24) is 4.98 Å². The Kier molecular flexibility index (Phi) is 8.83. The fourth-order valence-electron chi connectivity index (χ4n) is 4.90. The molecule has 1 saturated heterocycles. The van der Waals surface area contributed by atoms with Crippen LogP contribution in [-0.2, 0) is 9.59 Å². The molecule has 0 radical (unpaired) electrons. The Morgan fingerprint density at radius 1 is 0.930 bits per heavy atom. The van der Waals surface area contributed by atoms with Gasteiger partial charge in [-0.05, 0) is 55.0 Å². The van der Waals surface area contributed by atoms with E-state index in [0.29, 0.717) is 57.1 Å². The minimum Gasteiger partial charge on any atom is -0.494 e. The van der Waals surface area contributed by atoms with Crippen LogP contribution in [0.15, 0.2) is 77.8 Å². The standard InChI is InChI=1S/C33H29N3O6S/c1-5-42-23-13-11-22(12-14-23)36-30(37)18-29(33(36)38)43-32-25(19-34)24(17-26(35-32)20-9-7-6-8-10-20)21-15-27(39-2)31(41-4)28(16-21)40-3/h6-17,29H,5,18H2,1-4H3. The number of nitrogens with zero attached hydrogens (tertiary/aromatic N) is 3. The van der Waals surface area contributed by atoms with Crippen molar-refractivity contribution >= 4 is 29.3 Å². The minimum absolute atomic E-state index is 0.0294. The zero-order chi connectivity index (χ0) is 30.5. The molecule has 4 aromatic rings. The Morgan fingerprint density at radius 3 is 2.19 bits per heavy atom. The molecule has 2 amide bonds. The summed E-state index contributed by atoms with van der Waals surface area (Å²) >= 11 is 1.11. The van der Waals surface area contributed by atoms with Crippen molar-refractivity contribution in [2.24, 2.45) is 0 Å². The van der Waals surface area contributed by atoms with Crippen molar-refractivity contribution in [2.75, 3.05) is 32.8 Å². The highest BCUT2D eigenvalue weighted by atomic mass is 32.2. The number of benzene rings is 3. The zero-order valence-corrected chi connectivity index (χ0v) is 24.9. The molecule has 43 heavy (non-hydrogen) atoms. The van der Waals surface area contributed by atoms with Crippen molar-refractivity contribution in [3.8, 4) is 51.5 Å². The maximum Gasteiger partial charge on any atom is 0.247 e. The molecule has 10 heteroatoms. The van der Waals surface area contributed by atoms with Crippen LogP contribution >= 0.6 is 11.8 Å². The van der Waals surface area contributed by atoms with Gasteiger partial charge >= 0.3 is 0 Å². The minimum atomic E-state index is -0.766. The zero-order valence-electron chi connectivity index (χ0n) is 24.1. The average Bonchev–Trinajstić information content (AvgIpc) is 3.32. The van der Waals surface area contributed by atoms with Crippen LogP contribution in [0.25, 0.3) is 22.4 Å². The molecule has 0 saturated carbocycles. The second-order valence-corrected chi connectivity index (χ2v) is 10.6. The van der Waals surface area contributed by atoms with Gasteiger partial charge in [-0.3, -0.25) is 9.59 Å². The number of pyridine rings is 1. The smallest absolute Gasteiger partial charge is 0.247 e. The molecule has 0 bridgehead atoms. The third kappa shape index (κ3) is 5.85. The quantitative estimate of drug-likeness (QED) is 0.200. The first-order chi connectivity index (χ1) is 20.9. The molecular weight excluding hydrogens is 566 g/mol. The van der Waals surface area contributed by atoms with Gasteiger partial charge in [-0.15, -0.1) is 0 Å². The third-order valence-corrected chi connectivity index (χ3v) is 8.08. The number of hydrogen-bond donors (Lipinski definition) is 0. The van der Waals surface area contributed by atoms with Crippen LogP contribution in [0.1, 0.15) is 18.9 Å². The summed E-state index contributed by atoms with van der Waals surface area (Å²) in [5.74, 6) is 1.23. The van der Waals surface area contributed by atoms with E-state index in [2.05, 4.69) is 6.07 Å². The lowest BCUT2D eigenvalue weighted by atomic mass is 9.98. The number of nitriles is 1. The number of amides is 2. The molecule has 0 N–H and O–H groups in total. The number of carbonyl (C=O) groups is 2. The van der Waals surface area contributed by atoms with Crippen molar-refractivity contribution in [2.45, 2.75) is 23.6 Å². The van der Waals surface area contributed by atoms with Gasteiger partial charge in [-0.1, -0.05) is 42.1 Å². The fraction of sp³-hybridized carbons (Fsp3) is 0.212. The number of hydrogen-bond acceptors (Lipinski definition) is 9. The van der Waals surface area contributed by atoms with E-state index in [1.165, 1.54) is 26.2 Å². The van der Waals surface area contributed by atoms with E-state index in [1.54, 1.807) is 36.4 Å². The second kappa shape index (κ2) is 12.9. The summed E-state index contributed by atoms with van der Waals surface area (Å²) in [4.78, 5) is 32.6. The summed E-state index contributed by atoms with van der Waals surface area (Å²) in [7, 11) is 4.56. The van der Waals surface area contributed by atoms with E-state index in [9.17, 15) is 14.9 Å². The van der Waals surface area contributed by atoms with Gasteiger partial charge < -0.3 is 18.9 Å². The molecule has 1 aliphatic heterocycles. The van der Waals surface area contributed by atoms with Gasteiger partial charge in [0.2, 0.25) is 17.6 Å². The van der Waals surface area contributed by atoms with Gasteiger partial charge in [0.05, 0.1) is 50.1 Å². The highest BCUT2D eigenvalue weighted by molar-refractivity contribution is 8.00. The van der Waals surface area contributed by atoms with Crippen LogP contribution in [0.5, 0.6) is 23.0 Å². The van der Waals surface area contributed by atoms with Crippen LogP contribution in [0.4, 0.5) is 5.69 Å². The van der Waals surface area contributed by atoms with Gasteiger partial charge in [0, 0.05) is 17.5 Å². The van der Waals surface area contributed by atoms with Crippen LogP contribution in [0.3, 0.4) is 0 Å². The molecule has 0 spiro atoms. The molecule has 0 aliphatic carbocycles. The van der Waals surface area contributed by atoms with Gasteiger partial charge in [0.25, 0.3) is 0 Å². The SMILES string of the molecule is CCOc1ccc(N2C(=O)CC(Sc3nc(-c4ccccc4)cc(-c4cc(OC)c(OC)c(OC)c4)c3C#N)C2=O)cc1. The first-order valence-corrected chi connectivity index (χ1v) is 14.4. The number of imide groups is 1. The molecular formula is C33H29N3O6S. The van der Waals surface area contributed by atoms with E-state index in [0.717, 1.165) is 17.3 Å². The number of thioether (sulfide) groups is 1. The van der Waals surface area contributed by atoms with Gasteiger partial charge in [-0.25, -0.2) is 9.88 Å². The summed E-state index contributed by atoms with van der Waals surface area (Å²) in [6, 6.07) is 24.0. The molecule has 1 aromatic heterocycles. The van der Waals surface area contributed by atoms with E-state index in [-0.39, 0.29) is 23.8 Å². The third-order valence-electron chi connectivity index (χ3n) is 6.91. The van der Waals surface area contributed by atoms with E-state index < -0.39 is 5.25 Å². The van der Waals surface area contributed by atoms with E-state index in [4.69, 9.17) is 23.9 Å². The summed E-state index contributed by atoms with van der Waals surface area (Å²) in [5.41, 5.74) is 3.36. The lowest BCUT2D eigenvalue weighted by Crippen LogP contribution is -2.31. The number of ether oxygens (including phenoxy) is 4. The van der Waals surface area contributed by atoms with Gasteiger partial charge in [0.1, 0.15) is 16.8 Å². The molecule has 1 unspecified atom stereocenters. The topological polar surface area (TPSA) is 111 Å². The number of anilines is 1. The lowest BCUT2D eigenvalue weighted by molar-refractivity contribution is -0.121. The van der Waals surface area contributed by atoms with Crippen LogP contribution in [0.2, 0.25) is 0 Å². The molecule has 9 nitrogen and oxygen atoms in total. The molecule has 218 valence electrons. The predicted octanol–water partition coefficient (Wildman–Crippen LogP) is 6.14. The maximum absolute atomic E-state index is 13.6. The van der Waals surface area contributed by atoms with E-state index >= 15 is 0 Å². The first kappa shape index (κ1) is 29.5. The highest BCUT2D eigenvalue weighted by Crippen LogP contribution is 2.44. The highest BCUT2D eigenvalue weighted by Gasteiger charge is 2.41. The average molecular weight is 596 g/mol. The Labute approximate surface area is 254 Å². The predicted molar refractivity (Wildman–Crippen MR) is 164 cm³/mol.